The van der Waals surface area contributed by atoms with Gasteiger partial charge in [-0.15, -0.1) is 0 Å². The predicted octanol–water partition coefficient (Wildman–Crippen LogP) is 5.59. The van der Waals surface area contributed by atoms with E-state index in [0.717, 1.165) is 10.9 Å². The Morgan fingerprint density at radius 1 is 0.889 bits per heavy atom. The van der Waals surface area contributed by atoms with Crippen LogP contribution in [0.2, 0.25) is 0 Å². The molecule has 1 aromatic heterocycles. The van der Waals surface area contributed by atoms with Gasteiger partial charge in [-0.2, -0.15) is 5.26 Å². The zero-order valence-corrected chi connectivity index (χ0v) is 16.2. The van der Waals surface area contributed by atoms with Crippen LogP contribution < -0.4 is 4.57 Å². The van der Waals surface area contributed by atoms with E-state index in [4.69, 9.17) is 0 Å². The summed E-state index contributed by atoms with van der Waals surface area (Å²) in [5, 5.41) is 14.4. The zero-order valence-electron chi connectivity index (χ0n) is 16.2. The van der Waals surface area contributed by atoms with Gasteiger partial charge in [0, 0.05) is 6.07 Å². The number of aromatic nitrogens is 1. The maximum Gasteiger partial charge on any atom is 0.220 e. The quantitative estimate of drug-likeness (QED) is 0.432. The number of fused-ring (bicyclic) bond motifs is 2. The highest BCUT2D eigenvalue weighted by Crippen LogP contribution is 2.33. The number of nitriles is 1. The summed E-state index contributed by atoms with van der Waals surface area (Å²) in [6, 6.07) is 23.9. The summed E-state index contributed by atoms with van der Waals surface area (Å²) in [6.45, 7) is 6.13. The number of nitrogens with zero attached hydrogens (tertiary/aromatic N) is 2. The summed E-state index contributed by atoms with van der Waals surface area (Å²) < 4.78 is 2.19. The van der Waals surface area contributed by atoms with E-state index in [9.17, 15) is 5.26 Å². The molecule has 0 aliphatic rings. The topological polar surface area (TPSA) is 27.7 Å². The maximum atomic E-state index is 9.48. The number of hydrogen-bond donors (Lipinski definition) is 0. The first-order valence-electron chi connectivity index (χ1n) is 9.25. The van der Waals surface area contributed by atoms with Crippen molar-refractivity contribution >= 4 is 21.5 Å². The summed E-state index contributed by atoms with van der Waals surface area (Å²) in [7, 11) is 2.09. The van der Waals surface area contributed by atoms with Gasteiger partial charge in [-0.25, -0.2) is 4.57 Å². The van der Waals surface area contributed by atoms with Crippen LogP contribution in [-0.4, -0.2) is 0 Å². The lowest BCUT2D eigenvalue weighted by Gasteiger charge is -2.17. The molecule has 2 heteroatoms. The summed E-state index contributed by atoms with van der Waals surface area (Å²) >= 11 is 0. The molecule has 4 aromatic rings. The molecule has 0 atom stereocenters. The minimum Gasteiger partial charge on any atom is -0.200 e. The zero-order chi connectivity index (χ0) is 19.2. The molecule has 0 spiro atoms. The number of rotatable bonds is 2. The molecule has 2 nitrogen and oxygen atoms in total. The number of pyridine rings is 1. The van der Waals surface area contributed by atoms with E-state index in [1.54, 1.807) is 0 Å². The third-order valence-electron chi connectivity index (χ3n) is 5.59. The molecule has 0 amide bonds. The Kier molecular flexibility index (Phi) is 3.97. The van der Waals surface area contributed by atoms with Crippen LogP contribution in [-0.2, 0) is 12.5 Å². The third-order valence-corrected chi connectivity index (χ3v) is 5.59. The Morgan fingerprint density at radius 3 is 2.44 bits per heavy atom. The number of benzene rings is 3. The first-order valence-corrected chi connectivity index (χ1v) is 9.25. The SMILES string of the molecule is Cc1c(-c2c3ccc(C(C)(C)C#N)cc3cc[n+]2C)ccc2ccccc12. The Labute approximate surface area is 160 Å². The van der Waals surface area contributed by atoms with Gasteiger partial charge in [0.2, 0.25) is 5.69 Å². The van der Waals surface area contributed by atoms with Crippen LogP contribution in [0.1, 0.15) is 25.0 Å². The van der Waals surface area contributed by atoms with Gasteiger partial charge in [0.15, 0.2) is 6.20 Å². The summed E-state index contributed by atoms with van der Waals surface area (Å²) in [4.78, 5) is 0. The van der Waals surface area contributed by atoms with Crippen LogP contribution in [0.4, 0.5) is 0 Å². The predicted molar refractivity (Wildman–Crippen MR) is 111 cm³/mol. The average Bonchev–Trinajstić information content (AvgIpc) is 2.69. The van der Waals surface area contributed by atoms with E-state index < -0.39 is 5.41 Å². The first kappa shape index (κ1) is 17.2. The Balaban J connectivity index is 2.01. The van der Waals surface area contributed by atoms with Crippen LogP contribution in [0.15, 0.2) is 66.9 Å². The molecule has 0 unspecified atom stereocenters. The highest BCUT2D eigenvalue weighted by molar-refractivity contribution is 5.98. The Hall–Kier alpha value is -3.18. The second-order valence-electron chi connectivity index (χ2n) is 7.77. The second kappa shape index (κ2) is 6.21. The molecule has 1 heterocycles. The molecule has 0 fully saturated rings. The van der Waals surface area contributed by atoms with Crippen molar-refractivity contribution in [2.24, 2.45) is 7.05 Å². The van der Waals surface area contributed by atoms with Gasteiger partial charge in [-0.05, 0) is 66.3 Å². The Morgan fingerprint density at radius 2 is 1.67 bits per heavy atom. The fourth-order valence-electron chi connectivity index (χ4n) is 3.84. The highest BCUT2D eigenvalue weighted by Gasteiger charge is 2.23. The van der Waals surface area contributed by atoms with Crippen molar-refractivity contribution in [3.8, 4) is 17.3 Å². The molecule has 0 radical (unpaired) electrons. The molecular formula is C25H23N2+. The second-order valence-corrected chi connectivity index (χ2v) is 7.77. The molecule has 0 saturated heterocycles. The van der Waals surface area contributed by atoms with E-state index in [-0.39, 0.29) is 0 Å². The van der Waals surface area contributed by atoms with E-state index >= 15 is 0 Å². The fourth-order valence-corrected chi connectivity index (χ4v) is 3.84. The standard InChI is InChI=1S/C25H23N2/c1-17-21-8-6-5-7-18(21)9-11-22(17)24-23-12-10-20(25(2,3)16-26)15-19(23)13-14-27(24)4/h5-15H,1-4H3/q+1. The lowest BCUT2D eigenvalue weighted by Crippen LogP contribution is -2.30. The summed E-state index contributed by atoms with van der Waals surface area (Å²) in [5.41, 5.74) is 4.29. The van der Waals surface area contributed by atoms with Crippen LogP contribution >= 0.6 is 0 Å². The molecule has 4 rings (SSSR count). The molecule has 0 saturated carbocycles. The van der Waals surface area contributed by atoms with Gasteiger partial charge in [-0.1, -0.05) is 36.4 Å². The van der Waals surface area contributed by atoms with Gasteiger partial charge >= 0.3 is 0 Å². The molecule has 0 bridgehead atoms. The van der Waals surface area contributed by atoms with E-state index in [2.05, 4.69) is 91.5 Å². The monoisotopic (exact) mass is 351 g/mol. The summed E-state index contributed by atoms with van der Waals surface area (Å²) in [6.07, 6.45) is 2.11. The minimum absolute atomic E-state index is 0.495. The van der Waals surface area contributed by atoms with Gasteiger partial charge in [0.1, 0.15) is 7.05 Å². The van der Waals surface area contributed by atoms with Crippen LogP contribution in [0.3, 0.4) is 0 Å². The lowest BCUT2D eigenvalue weighted by molar-refractivity contribution is -0.659. The van der Waals surface area contributed by atoms with E-state index in [1.165, 1.54) is 33.0 Å². The average molecular weight is 351 g/mol. The van der Waals surface area contributed by atoms with Crippen LogP contribution in [0, 0.1) is 18.3 Å². The van der Waals surface area contributed by atoms with Gasteiger partial charge < -0.3 is 0 Å². The van der Waals surface area contributed by atoms with Crippen LogP contribution in [0.5, 0.6) is 0 Å². The summed E-state index contributed by atoms with van der Waals surface area (Å²) in [5.74, 6) is 0. The van der Waals surface area contributed by atoms with Gasteiger partial charge in [-0.3, -0.25) is 0 Å². The van der Waals surface area contributed by atoms with Crippen molar-refractivity contribution in [3.63, 3.8) is 0 Å². The fraction of sp³-hybridized carbons (Fsp3) is 0.200. The van der Waals surface area contributed by atoms with Crippen molar-refractivity contribution in [1.29, 1.82) is 5.26 Å². The van der Waals surface area contributed by atoms with E-state index in [0.29, 0.717) is 0 Å². The van der Waals surface area contributed by atoms with Gasteiger partial charge in [0.25, 0.3) is 0 Å². The van der Waals surface area contributed by atoms with Crippen molar-refractivity contribution in [2.45, 2.75) is 26.2 Å². The Bertz CT molecular complexity index is 1230. The third kappa shape index (κ3) is 2.76. The molecule has 3 aromatic carbocycles. The molecular weight excluding hydrogens is 328 g/mol. The van der Waals surface area contributed by atoms with Crippen LogP contribution in [0.25, 0.3) is 32.8 Å². The molecule has 132 valence electrons. The molecule has 27 heavy (non-hydrogen) atoms. The normalized spacial score (nSPS) is 11.7. The van der Waals surface area contributed by atoms with Crippen molar-refractivity contribution in [1.82, 2.24) is 0 Å². The molecule has 0 aliphatic heterocycles. The highest BCUT2D eigenvalue weighted by atomic mass is 14.9. The lowest BCUT2D eigenvalue weighted by atomic mass is 9.85. The number of aryl methyl sites for hydroxylation is 2. The van der Waals surface area contributed by atoms with Gasteiger partial charge in [0.05, 0.1) is 22.4 Å². The largest absolute Gasteiger partial charge is 0.220 e. The van der Waals surface area contributed by atoms with Crippen molar-refractivity contribution < 1.29 is 4.57 Å². The molecule has 0 N–H and O–H groups in total. The number of hydrogen-bond acceptors (Lipinski definition) is 1. The van der Waals surface area contributed by atoms with Crippen molar-refractivity contribution in [3.05, 3.63) is 78.0 Å². The smallest absolute Gasteiger partial charge is 0.200 e. The molecule has 0 aliphatic carbocycles. The maximum absolute atomic E-state index is 9.48. The minimum atomic E-state index is -0.495. The van der Waals surface area contributed by atoms with E-state index in [1.807, 2.05) is 13.8 Å². The first-order chi connectivity index (χ1) is 12.9. The van der Waals surface area contributed by atoms with Crippen molar-refractivity contribution in [2.75, 3.05) is 0 Å².